The number of nitrogens with zero attached hydrogens (tertiary/aromatic N) is 2. The molecule has 1 heterocycles. The Hall–Kier alpha value is -2.59. The van der Waals surface area contributed by atoms with Crippen molar-refractivity contribution in [3.05, 3.63) is 71.3 Å². The number of halogens is 1. The summed E-state index contributed by atoms with van der Waals surface area (Å²) in [5, 5.41) is 3.72. The minimum absolute atomic E-state index is 0.0290. The van der Waals surface area contributed by atoms with Gasteiger partial charge >= 0.3 is 0 Å². The van der Waals surface area contributed by atoms with Crippen LogP contribution in [0.2, 0.25) is 5.02 Å². The Balaban J connectivity index is 1.59. The molecule has 0 radical (unpaired) electrons. The maximum atomic E-state index is 12.2. The van der Waals surface area contributed by atoms with Gasteiger partial charge in [0, 0.05) is 36.1 Å². The molecule has 1 amide bonds. The van der Waals surface area contributed by atoms with Crippen LogP contribution in [0, 0.1) is 13.8 Å². The summed E-state index contributed by atoms with van der Waals surface area (Å²) in [6.07, 6.45) is 4.97. The molecule has 3 aromatic rings. The Kier molecular flexibility index (Phi) is 5.74. The van der Waals surface area contributed by atoms with E-state index in [1.54, 1.807) is 6.20 Å². The number of nitrogens with one attached hydrogen (secondary N) is 1. The molecular weight excluding hydrogens is 346 g/mol. The van der Waals surface area contributed by atoms with Crippen LogP contribution in [0.25, 0.3) is 11.1 Å². The Morgan fingerprint density at radius 2 is 1.96 bits per heavy atom. The third-order valence-electron chi connectivity index (χ3n) is 4.38. The van der Waals surface area contributed by atoms with E-state index in [2.05, 4.69) is 20.9 Å². The topological polar surface area (TPSA) is 46.9 Å². The number of amides is 1. The van der Waals surface area contributed by atoms with Crippen molar-refractivity contribution in [2.75, 3.05) is 5.32 Å². The van der Waals surface area contributed by atoms with Gasteiger partial charge in [-0.1, -0.05) is 29.8 Å². The largest absolute Gasteiger partial charge is 0.335 e. The summed E-state index contributed by atoms with van der Waals surface area (Å²) in [5.74, 6) is 0.999. The molecule has 0 atom stereocenters. The van der Waals surface area contributed by atoms with Gasteiger partial charge in [-0.3, -0.25) is 4.79 Å². The third-order valence-corrected chi connectivity index (χ3v) is 4.62. The number of hydrogen-bond donors (Lipinski definition) is 1. The first-order valence-electron chi connectivity index (χ1n) is 8.67. The molecule has 1 aromatic heterocycles. The van der Waals surface area contributed by atoms with Crippen molar-refractivity contribution in [2.45, 2.75) is 33.2 Å². The van der Waals surface area contributed by atoms with Crippen LogP contribution in [0.5, 0.6) is 0 Å². The number of rotatable bonds is 6. The van der Waals surface area contributed by atoms with Gasteiger partial charge in [0.15, 0.2) is 0 Å². The smallest absolute Gasteiger partial charge is 0.224 e. The van der Waals surface area contributed by atoms with Crippen LogP contribution in [0.15, 0.2) is 54.9 Å². The van der Waals surface area contributed by atoms with Gasteiger partial charge in [0.25, 0.3) is 0 Å². The fraction of sp³-hybridized carbons (Fsp3) is 0.238. The summed E-state index contributed by atoms with van der Waals surface area (Å²) in [7, 11) is 0. The predicted molar refractivity (Wildman–Crippen MR) is 106 cm³/mol. The first-order valence-corrected chi connectivity index (χ1v) is 9.05. The van der Waals surface area contributed by atoms with Crippen molar-refractivity contribution in [1.82, 2.24) is 9.55 Å². The number of hydrogen-bond acceptors (Lipinski definition) is 2. The summed E-state index contributed by atoms with van der Waals surface area (Å²) < 4.78 is 2.05. The molecule has 0 spiro atoms. The Morgan fingerprint density at radius 1 is 1.15 bits per heavy atom. The monoisotopic (exact) mass is 367 g/mol. The third kappa shape index (κ3) is 4.52. The number of imidazole rings is 1. The number of aryl methyl sites for hydroxylation is 3. The second-order valence-electron chi connectivity index (χ2n) is 6.36. The summed E-state index contributed by atoms with van der Waals surface area (Å²) in [5.41, 5.74) is 4.02. The van der Waals surface area contributed by atoms with E-state index in [-0.39, 0.29) is 5.91 Å². The minimum Gasteiger partial charge on any atom is -0.335 e. The molecule has 0 aliphatic heterocycles. The molecule has 1 N–H and O–H groups in total. The molecule has 0 aliphatic carbocycles. The molecule has 5 heteroatoms. The lowest BCUT2D eigenvalue weighted by atomic mass is 10.0. The number of anilines is 1. The van der Waals surface area contributed by atoms with E-state index in [4.69, 9.17) is 11.6 Å². The highest BCUT2D eigenvalue weighted by atomic mass is 35.5. The van der Waals surface area contributed by atoms with Crippen molar-refractivity contribution >= 4 is 23.2 Å². The second-order valence-corrected chi connectivity index (χ2v) is 6.80. The molecule has 0 unspecified atom stereocenters. The van der Waals surface area contributed by atoms with E-state index in [1.807, 2.05) is 56.4 Å². The average molecular weight is 368 g/mol. The van der Waals surface area contributed by atoms with Gasteiger partial charge < -0.3 is 9.88 Å². The predicted octanol–water partition coefficient (Wildman–Crippen LogP) is 5.24. The quantitative estimate of drug-likeness (QED) is 0.647. The summed E-state index contributed by atoms with van der Waals surface area (Å²) in [6.45, 7) is 4.76. The molecule has 26 heavy (non-hydrogen) atoms. The van der Waals surface area contributed by atoms with Crippen LogP contribution in [0.3, 0.4) is 0 Å². The zero-order chi connectivity index (χ0) is 18.5. The van der Waals surface area contributed by atoms with Crippen molar-refractivity contribution < 1.29 is 4.79 Å². The van der Waals surface area contributed by atoms with E-state index in [0.29, 0.717) is 11.4 Å². The maximum Gasteiger partial charge on any atom is 0.224 e. The zero-order valence-corrected chi connectivity index (χ0v) is 15.8. The molecule has 0 saturated heterocycles. The normalized spacial score (nSPS) is 10.7. The lowest BCUT2D eigenvalue weighted by molar-refractivity contribution is -0.116. The fourth-order valence-electron chi connectivity index (χ4n) is 2.91. The van der Waals surface area contributed by atoms with Crippen LogP contribution >= 0.6 is 11.6 Å². The van der Waals surface area contributed by atoms with Gasteiger partial charge in [0.2, 0.25) is 5.91 Å². The highest BCUT2D eigenvalue weighted by Gasteiger charge is 2.07. The maximum absolute atomic E-state index is 12.2. The number of carbonyl (C=O) groups is 1. The molecular formula is C21H22ClN3O. The number of benzene rings is 2. The van der Waals surface area contributed by atoms with Crippen LogP contribution in [-0.4, -0.2) is 15.5 Å². The van der Waals surface area contributed by atoms with E-state index < -0.39 is 0 Å². The highest BCUT2D eigenvalue weighted by Crippen LogP contribution is 2.26. The lowest BCUT2D eigenvalue weighted by Gasteiger charge is -2.11. The minimum atomic E-state index is 0.0290. The second kappa shape index (κ2) is 8.19. The van der Waals surface area contributed by atoms with Gasteiger partial charge in [-0.05, 0) is 61.2 Å². The van der Waals surface area contributed by atoms with Gasteiger partial charge in [-0.15, -0.1) is 0 Å². The Morgan fingerprint density at radius 3 is 2.65 bits per heavy atom. The molecule has 0 saturated carbocycles. The molecule has 3 rings (SSSR count). The molecule has 4 nitrogen and oxygen atoms in total. The fourth-order valence-corrected chi connectivity index (χ4v) is 3.10. The Labute approximate surface area is 158 Å². The van der Waals surface area contributed by atoms with Crippen LogP contribution < -0.4 is 5.32 Å². The standard InChI is InChI=1S/C21H22ClN3O/c1-15-13-18(17-5-3-6-19(22)14-17)8-9-20(15)24-21(26)7-4-11-25-12-10-23-16(25)2/h3,5-6,8-10,12-14H,4,7,11H2,1-2H3,(H,24,26). The van der Waals surface area contributed by atoms with Gasteiger partial charge in [0.1, 0.15) is 5.82 Å². The van der Waals surface area contributed by atoms with Crippen LogP contribution in [0.4, 0.5) is 5.69 Å². The SMILES string of the molecule is Cc1cc(-c2cccc(Cl)c2)ccc1NC(=O)CCCn1ccnc1C. The first-order chi connectivity index (χ1) is 12.5. The molecule has 0 aliphatic rings. The van der Waals surface area contributed by atoms with Crippen molar-refractivity contribution in [3.63, 3.8) is 0 Å². The summed E-state index contributed by atoms with van der Waals surface area (Å²) >= 11 is 6.07. The van der Waals surface area contributed by atoms with Crippen molar-refractivity contribution in [1.29, 1.82) is 0 Å². The highest BCUT2D eigenvalue weighted by molar-refractivity contribution is 6.30. The Bertz CT molecular complexity index is 917. The zero-order valence-electron chi connectivity index (χ0n) is 15.0. The van der Waals surface area contributed by atoms with Gasteiger partial charge in [-0.25, -0.2) is 4.98 Å². The van der Waals surface area contributed by atoms with E-state index >= 15 is 0 Å². The molecule has 0 bridgehead atoms. The summed E-state index contributed by atoms with van der Waals surface area (Å²) in [6, 6.07) is 13.8. The van der Waals surface area contributed by atoms with E-state index in [0.717, 1.165) is 41.2 Å². The van der Waals surface area contributed by atoms with Crippen LogP contribution in [0.1, 0.15) is 24.2 Å². The summed E-state index contributed by atoms with van der Waals surface area (Å²) in [4.78, 5) is 16.4. The number of aromatic nitrogens is 2. The van der Waals surface area contributed by atoms with Crippen molar-refractivity contribution in [3.8, 4) is 11.1 Å². The first kappa shape index (κ1) is 18.2. The van der Waals surface area contributed by atoms with Gasteiger partial charge in [0.05, 0.1) is 0 Å². The van der Waals surface area contributed by atoms with Gasteiger partial charge in [-0.2, -0.15) is 0 Å². The van der Waals surface area contributed by atoms with E-state index in [1.165, 1.54) is 0 Å². The lowest BCUT2D eigenvalue weighted by Crippen LogP contribution is -2.13. The molecule has 0 fully saturated rings. The van der Waals surface area contributed by atoms with Crippen LogP contribution in [-0.2, 0) is 11.3 Å². The number of carbonyl (C=O) groups excluding carboxylic acids is 1. The van der Waals surface area contributed by atoms with Crippen molar-refractivity contribution in [2.24, 2.45) is 0 Å². The molecule has 2 aromatic carbocycles. The van der Waals surface area contributed by atoms with E-state index in [9.17, 15) is 4.79 Å². The molecule has 134 valence electrons. The average Bonchev–Trinajstić information content (AvgIpc) is 3.02.